The van der Waals surface area contributed by atoms with Crippen LogP contribution in [0.15, 0.2) is 36.5 Å². The first-order chi connectivity index (χ1) is 17.8. The summed E-state index contributed by atoms with van der Waals surface area (Å²) >= 11 is 0. The van der Waals surface area contributed by atoms with E-state index in [0.717, 1.165) is 24.2 Å². The van der Waals surface area contributed by atoms with Crippen molar-refractivity contribution in [1.29, 1.82) is 0 Å². The van der Waals surface area contributed by atoms with Crippen molar-refractivity contribution in [2.24, 2.45) is 5.92 Å². The minimum atomic E-state index is -0.672. The molecule has 192 valence electrons. The average Bonchev–Trinajstić information content (AvgIpc) is 3.34. The van der Waals surface area contributed by atoms with Crippen molar-refractivity contribution in [1.82, 2.24) is 30.1 Å². The van der Waals surface area contributed by atoms with Gasteiger partial charge in [0.05, 0.1) is 12.2 Å². The quantitative estimate of drug-likeness (QED) is 0.460. The van der Waals surface area contributed by atoms with E-state index in [1.54, 1.807) is 19.1 Å². The first-order valence-electron chi connectivity index (χ1n) is 12.2. The van der Waals surface area contributed by atoms with Crippen molar-refractivity contribution < 1.29 is 23.9 Å². The van der Waals surface area contributed by atoms with Crippen molar-refractivity contribution in [2.75, 3.05) is 26.7 Å². The number of ketones is 2. The summed E-state index contributed by atoms with van der Waals surface area (Å²) in [5.41, 5.74) is 2.07. The maximum absolute atomic E-state index is 13.1. The van der Waals surface area contributed by atoms with Crippen molar-refractivity contribution in [2.45, 2.75) is 32.4 Å². The molecule has 37 heavy (non-hydrogen) atoms. The van der Waals surface area contributed by atoms with Crippen molar-refractivity contribution in [3.63, 3.8) is 0 Å². The van der Waals surface area contributed by atoms with E-state index in [-0.39, 0.29) is 36.1 Å². The molecular formula is C26H28N6O5. The van der Waals surface area contributed by atoms with Gasteiger partial charge in [0, 0.05) is 50.2 Å². The molecule has 1 atom stereocenters. The van der Waals surface area contributed by atoms with E-state index in [4.69, 9.17) is 4.74 Å². The predicted octanol–water partition coefficient (Wildman–Crippen LogP) is 0.802. The van der Waals surface area contributed by atoms with Crippen LogP contribution in [0.5, 0.6) is 5.75 Å². The Morgan fingerprint density at radius 3 is 2.76 bits per heavy atom. The third kappa shape index (κ3) is 5.36. The van der Waals surface area contributed by atoms with E-state index in [2.05, 4.69) is 25.6 Å². The Labute approximate surface area is 213 Å². The summed E-state index contributed by atoms with van der Waals surface area (Å²) in [6, 6.07) is 7.72. The lowest BCUT2D eigenvalue weighted by Crippen LogP contribution is -2.47. The summed E-state index contributed by atoms with van der Waals surface area (Å²) in [5, 5.41) is 9.69. The number of rotatable bonds is 8. The van der Waals surface area contributed by atoms with Crippen LogP contribution in [-0.2, 0) is 22.6 Å². The van der Waals surface area contributed by atoms with E-state index >= 15 is 0 Å². The lowest BCUT2D eigenvalue weighted by Gasteiger charge is -2.36. The predicted molar refractivity (Wildman–Crippen MR) is 132 cm³/mol. The van der Waals surface area contributed by atoms with Crippen LogP contribution < -0.4 is 15.4 Å². The largest absolute Gasteiger partial charge is 0.486 e. The SMILES string of the molecule is C[C@H](NC(=O)c1cc(C(=O)NCc2ccc3c(c2)CC(=O)CO3)nc2ccnn12)C(=O)CC1CN(C)C1. The zero-order valence-corrected chi connectivity index (χ0v) is 20.7. The number of hydrogen-bond acceptors (Lipinski definition) is 8. The molecule has 5 rings (SSSR count). The zero-order valence-electron chi connectivity index (χ0n) is 20.7. The summed E-state index contributed by atoms with van der Waals surface area (Å²) in [7, 11) is 2.00. The normalized spacial score (nSPS) is 16.4. The van der Waals surface area contributed by atoms with Gasteiger partial charge < -0.3 is 20.3 Å². The Hall–Kier alpha value is -4.12. The lowest BCUT2D eigenvalue weighted by molar-refractivity contribution is -0.122. The number of nitrogens with zero attached hydrogens (tertiary/aromatic N) is 4. The van der Waals surface area contributed by atoms with Crippen molar-refractivity contribution in [3.05, 3.63) is 59.0 Å². The Bertz CT molecular complexity index is 1390. The molecule has 3 aromatic rings. The number of Topliss-reactive ketones (excluding diaryl/α,β-unsaturated/α-hetero) is 2. The second-order valence-electron chi connectivity index (χ2n) is 9.71. The standard InChI is InChI=1S/C26H28N6O5/c1-15(22(34)8-17-12-31(2)13-17)29-26(36)21-10-20(30-24-5-6-28-32(21)24)25(35)27-11-16-3-4-23-18(7-16)9-19(33)14-37-23/h3-7,10,15,17H,8-9,11-14H2,1-2H3,(H,27,35)(H,29,36)/t15-/m0/s1. The number of amides is 2. The van der Waals surface area contributed by atoms with Crippen LogP contribution in [0.1, 0.15) is 45.4 Å². The molecule has 1 aromatic carbocycles. The molecular weight excluding hydrogens is 476 g/mol. The molecule has 2 aliphatic heterocycles. The fraction of sp³-hybridized carbons (Fsp3) is 0.385. The van der Waals surface area contributed by atoms with Crippen LogP contribution >= 0.6 is 0 Å². The van der Waals surface area contributed by atoms with E-state index < -0.39 is 17.9 Å². The van der Waals surface area contributed by atoms with Gasteiger partial charge in [-0.1, -0.05) is 6.07 Å². The van der Waals surface area contributed by atoms with Gasteiger partial charge in [-0.15, -0.1) is 0 Å². The van der Waals surface area contributed by atoms with Crippen LogP contribution in [0.3, 0.4) is 0 Å². The molecule has 0 radical (unpaired) electrons. The molecule has 11 nitrogen and oxygen atoms in total. The minimum absolute atomic E-state index is 0.00413. The Morgan fingerprint density at radius 1 is 1.16 bits per heavy atom. The molecule has 0 bridgehead atoms. The maximum Gasteiger partial charge on any atom is 0.270 e. The van der Waals surface area contributed by atoms with Gasteiger partial charge in [0.15, 0.2) is 17.2 Å². The highest BCUT2D eigenvalue weighted by molar-refractivity contribution is 6.00. The molecule has 2 N–H and O–H groups in total. The lowest BCUT2D eigenvalue weighted by atomic mass is 9.93. The average molecular weight is 505 g/mol. The molecule has 0 aliphatic carbocycles. The van der Waals surface area contributed by atoms with E-state index in [1.807, 2.05) is 19.2 Å². The van der Waals surface area contributed by atoms with Crippen molar-refractivity contribution in [3.8, 4) is 5.75 Å². The highest BCUT2D eigenvalue weighted by Gasteiger charge is 2.28. The fourth-order valence-electron chi connectivity index (χ4n) is 4.68. The number of carbonyl (C=O) groups is 4. The van der Waals surface area contributed by atoms with Crippen LogP contribution in [-0.4, -0.2) is 75.7 Å². The molecule has 2 aromatic heterocycles. The second-order valence-corrected chi connectivity index (χ2v) is 9.71. The Morgan fingerprint density at radius 2 is 1.97 bits per heavy atom. The first-order valence-corrected chi connectivity index (χ1v) is 12.2. The van der Waals surface area contributed by atoms with E-state index in [9.17, 15) is 19.2 Å². The first kappa shape index (κ1) is 24.6. The highest BCUT2D eigenvalue weighted by atomic mass is 16.5. The van der Waals surface area contributed by atoms with Gasteiger partial charge in [0.2, 0.25) is 0 Å². The molecule has 1 saturated heterocycles. The smallest absolute Gasteiger partial charge is 0.270 e. The molecule has 0 spiro atoms. The van der Waals surface area contributed by atoms with Gasteiger partial charge in [0.1, 0.15) is 23.7 Å². The molecule has 1 fully saturated rings. The number of aromatic nitrogens is 3. The molecule has 2 amide bonds. The minimum Gasteiger partial charge on any atom is -0.486 e. The Kier molecular flexibility index (Phi) is 6.70. The number of ether oxygens (including phenoxy) is 1. The van der Waals surface area contributed by atoms with Crippen LogP contribution in [0.4, 0.5) is 0 Å². The van der Waals surface area contributed by atoms with Gasteiger partial charge in [0.25, 0.3) is 11.8 Å². The van der Waals surface area contributed by atoms with Crippen LogP contribution in [0.2, 0.25) is 0 Å². The monoisotopic (exact) mass is 504 g/mol. The number of fused-ring (bicyclic) bond motifs is 2. The van der Waals surface area contributed by atoms with Gasteiger partial charge in [-0.05, 0) is 37.6 Å². The molecule has 11 heteroatoms. The third-order valence-corrected chi connectivity index (χ3v) is 6.64. The third-order valence-electron chi connectivity index (χ3n) is 6.64. The van der Waals surface area contributed by atoms with Gasteiger partial charge in [-0.2, -0.15) is 5.10 Å². The summed E-state index contributed by atoms with van der Waals surface area (Å²) in [5.74, 6) is -0.0335. The second kappa shape index (κ2) is 10.1. The fourth-order valence-corrected chi connectivity index (χ4v) is 4.68. The van der Waals surface area contributed by atoms with E-state index in [1.165, 1.54) is 16.8 Å². The summed E-state index contributed by atoms with van der Waals surface area (Å²) < 4.78 is 6.75. The van der Waals surface area contributed by atoms with Crippen LogP contribution in [0.25, 0.3) is 5.65 Å². The number of benzene rings is 1. The summed E-state index contributed by atoms with van der Waals surface area (Å²) in [4.78, 5) is 56.7. The molecule has 2 aliphatic rings. The van der Waals surface area contributed by atoms with Crippen LogP contribution in [0, 0.1) is 5.92 Å². The number of hydrogen-bond donors (Lipinski definition) is 2. The number of likely N-dealkylation sites (tertiary alicyclic amines) is 1. The number of carbonyl (C=O) groups excluding carboxylic acids is 4. The van der Waals surface area contributed by atoms with E-state index in [0.29, 0.717) is 30.2 Å². The van der Waals surface area contributed by atoms with Gasteiger partial charge >= 0.3 is 0 Å². The molecule has 0 unspecified atom stereocenters. The Balaban J connectivity index is 1.27. The molecule has 4 heterocycles. The summed E-state index contributed by atoms with van der Waals surface area (Å²) in [6.07, 6.45) is 2.20. The molecule has 0 saturated carbocycles. The maximum atomic E-state index is 13.1. The zero-order chi connectivity index (χ0) is 26.1. The highest BCUT2D eigenvalue weighted by Crippen LogP contribution is 2.24. The van der Waals surface area contributed by atoms with Gasteiger partial charge in [-0.3, -0.25) is 19.2 Å². The van der Waals surface area contributed by atoms with Crippen molar-refractivity contribution >= 4 is 29.0 Å². The topological polar surface area (TPSA) is 135 Å². The summed E-state index contributed by atoms with van der Waals surface area (Å²) in [6.45, 7) is 3.69. The van der Waals surface area contributed by atoms with Gasteiger partial charge in [-0.25, -0.2) is 9.50 Å². The number of nitrogens with one attached hydrogen (secondary N) is 2.